The van der Waals surface area contributed by atoms with Gasteiger partial charge in [0.1, 0.15) is 10.7 Å². The third kappa shape index (κ3) is 5.25. The zero-order valence-electron chi connectivity index (χ0n) is 17.7. The lowest BCUT2D eigenvalue weighted by Gasteiger charge is -2.10. The van der Waals surface area contributed by atoms with E-state index in [0.29, 0.717) is 27.7 Å². The van der Waals surface area contributed by atoms with Gasteiger partial charge in [-0.1, -0.05) is 12.0 Å². The number of benzene rings is 1. The van der Waals surface area contributed by atoms with Crippen molar-refractivity contribution < 1.29 is 4.79 Å². The van der Waals surface area contributed by atoms with Crippen molar-refractivity contribution in [3.63, 3.8) is 0 Å². The normalized spacial score (nSPS) is 14.7. The first kappa shape index (κ1) is 20.8. The molecule has 4 N–H and O–H groups in total. The van der Waals surface area contributed by atoms with Crippen molar-refractivity contribution in [1.82, 2.24) is 20.3 Å². The Morgan fingerprint density at radius 2 is 1.94 bits per heavy atom. The van der Waals surface area contributed by atoms with E-state index in [1.807, 2.05) is 36.6 Å². The van der Waals surface area contributed by atoms with Crippen LogP contribution in [-0.2, 0) is 0 Å². The van der Waals surface area contributed by atoms with Gasteiger partial charge in [-0.3, -0.25) is 9.79 Å². The summed E-state index contributed by atoms with van der Waals surface area (Å²) in [4.78, 5) is 30.0. The molecule has 9 heteroatoms. The van der Waals surface area contributed by atoms with Crippen LogP contribution in [0.2, 0.25) is 0 Å². The Morgan fingerprint density at radius 1 is 1.09 bits per heavy atom. The monoisotopic (exact) mass is 455 g/mol. The summed E-state index contributed by atoms with van der Waals surface area (Å²) in [6.07, 6.45) is 11.2. The molecular formula is C24H21N7OS. The molecule has 164 valence electrons. The molecule has 0 spiro atoms. The highest BCUT2D eigenvalue weighted by molar-refractivity contribution is 7.14. The van der Waals surface area contributed by atoms with Gasteiger partial charge >= 0.3 is 0 Å². The molecule has 0 radical (unpaired) electrons. The van der Waals surface area contributed by atoms with Gasteiger partial charge in [0.2, 0.25) is 5.95 Å². The quantitative estimate of drug-likeness (QED) is 0.504. The predicted molar refractivity (Wildman–Crippen MR) is 130 cm³/mol. The Labute approximate surface area is 195 Å². The number of hydrogen-bond donors (Lipinski definition) is 3. The highest BCUT2D eigenvalue weighted by Crippen LogP contribution is 2.25. The third-order valence-corrected chi connectivity index (χ3v) is 5.97. The number of aromatic nitrogens is 3. The molecule has 3 heterocycles. The number of nitrogens with two attached hydrogens (primary N) is 1. The fraction of sp³-hybridized carbons (Fsp3) is 0.208. The maximum absolute atomic E-state index is 12.1. The summed E-state index contributed by atoms with van der Waals surface area (Å²) >= 11 is 1.30. The average Bonchev–Trinajstić information content (AvgIpc) is 3.52. The highest BCUT2D eigenvalue weighted by atomic mass is 32.1. The largest absolute Gasteiger partial charge is 0.383 e. The Morgan fingerprint density at radius 3 is 2.67 bits per heavy atom. The van der Waals surface area contributed by atoms with Crippen LogP contribution in [0.4, 0.5) is 17.5 Å². The van der Waals surface area contributed by atoms with Gasteiger partial charge in [0, 0.05) is 29.7 Å². The summed E-state index contributed by atoms with van der Waals surface area (Å²) in [5.41, 5.74) is 9.31. The molecule has 3 aromatic rings. The highest BCUT2D eigenvalue weighted by Gasteiger charge is 2.24. The van der Waals surface area contributed by atoms with Crippen LogP contribution in [0.5, 0.6) is 0 Å². The summed E-state index contributed by atoms with van der Waals surface area (Å²) in [5, 5.41) is 6.72. The molecule has 8 nitrogen and oxygen atoms in total. The molecule has 1 aromatic carbocycles. The topological polar surface area (TPSA) is 118 Å². The smallest absolute Gasteiger partial charge is 0.263 e. The molecule has 1 saturated carbocycles. The van der Waals surface area contributed by atoms with Crippen LogP contribution in [0.3, 0.4) is 0 Å². The van der Waals surface area contributed by atoms with E-state index in [9.17, 15) is 4.79 Å². The van der Waals surface area contributed by atoms with Crippen molar-refractivity contribution in [3.8, 4) is 11.8 Å². The number of anilines is 3. The Kier molecular flexibility index (Phi) is 5.83. The average molecular weight is 456 g/mol. The maximum Gasteiger partial charge on any atom is 0.263 e. The van der Waals surface area contributed by atoms with Gasteiger partial charge in [0.15, 0.2) is 5.01 Å². The molecule has 1 amide bonds. The van der Waals surface area contributed by atoms with Crippen molar-refractivity contribution in [1.29, 1.82) is 0 Å². The Balaban J connectivity index is 1.22. The summed E-state index contributed by atoms with van der Waals surface area (Å²) in [6, 6.07) is 7.89. The number of nitrogen functional groups attached to an aromatic ring is 1. The fourth-order valence-corrected chi connectivity index (χ4v) is 3.83. The SMILES string of the molecule is Nc1nc(Nc2ccc(C#Cc3ncc(C(=O)NC4CC4)s3)cc2)ncc1C1=CCCC=N1. The molecule has 0 bridgehead atoms. The molecule has 2 aliphatic rings. The van der Waals surface area contributed by atoms with Crippen LogP contribution in [0.25, 0.3) is 5.70 Å². The zero-order chi connectivity index (χ0) is 22.6. The minimum Gasteiger partial charge on any atom is -0.383 e. The third-order valence-electron chi connectivity index (χ3n) is 5.05. The number of aliphatic imine (C=N–C) groups is 1. The van der Waals surface area contributed by atoms with E-state index in [0.717, 1.165) is 48.2 Å². The number of carbonyl (C=O) groups excluding carboxylic acids is 1. The van der Waals surface area contributed by atoms with Crippen LogP contribution < -0.4 is 16.4 Å². The Bertz CT molecular complexity index is 1310. The van der Waals surface area contributed by atoms with Crippen molar-refractivity contribution >= 4 is 46.6 Å². The molecule has 1 fully saturated rings. The first-order chi connectivity index (χ1) is 16.1. The second kappa shape index (κ2) is 9.22. The predicted octanol–water partition coefficient (Wildman–Crippen LogP) is 3.76. The fourth-order valence-electron chi connectivity index (χ4n) is 3.15. The number of hydrogen-bond acceptors (Lipinski definition) is 8. The van der Waals surface area contributed by atoms with E-state index in [4.69, 9.17) is 5.73 Å². The van der Waals surface area contributed by atoms with Gasteiger partial charge in [0.25, 0.3) is 5.91 Å². The first-order valence-electron chi connectivity index (χ1n) is 10.7. The first-order valence-corrected chi connectivity index (χ1v) is 11.5. The van der Waals surface area contributed by atoms with Crippen molar-refractivity contribution in [3.05, 3.63) is 63.7 Å². The van der Waals surface area contributed by atoms with Crippen LogP contribution in [0, 0.1) is 11.8 Å². The summed E-state index contributed by atoms with van der Waals surface area (Å²) in [5.74, 6) is 6.82. The molecule has 1 aliphatic heterocycles. The number of carbonyl (C=O) groups is 1. The maximum atomic E-state index is 12.1. The van der Waals surface area contributed by atoms with Gasteiger partial charge in [-0.15, -0.1) is 11.3 Å². The molecule has 33 heavy (non-hydrogen) atoms. The molecule has 2 aromatic heterocycles. The van der Waals surface area contributed by atoms with Crippen molar-refractivity contribution in [2.75, 3.05) is 11.1 Å². The van der Waals surface area contributed by atoms with Crippen LogP contribution in [0.1, 0.15) is 51.5 Å². The van der Waals surface area contributed by atoms with E-state index in [-0.39, 0.29) is 5.91 Å². The van der Waals surface area contributed by atoms with Gasteiger partial charge in [-0.25, -0.2) is 9.97 Å². The number of nitrogens with one attached hydrogen (secondary N) is 2. The molecule has 0 unspecified atom stereocenters. The van der Waals surface area contributed by atoms with Gasteiger partial charge in [0.05, 0.1) is 17.5 Å². The second-order valence-electron chi connectivity index (χ2n) is 7.70. The van der Waals surface area contributed by atoms with E-state index < -0.39 is 0 Å². The van der Waals surface area contributed by atoms with E-state index >= 15 is 0 Å². The lowest BCUT2D eigenvalue weighted by Crippen LogP contribution is -2.24. The molecule has 5 rings (SSSR count). The van der Waals surface area contributed by atoms with Gasteiger partial charge in [-0.2, -0.15) is 4.98 Å². The van der Waals surface area contributed by atoms with Crippen molar-refractivity contribution in [2.45, 2.75) is 31.7 Å². The number of rotatable bonds is 5. The van der Waals surface area contributed by atoms with Gasteiger partial charge < -0.3 is 16.4 Å². The number of thiazole rings is 1. The number of amides is 1. The lowest BCUT2D eigenvalue weighted by atomic mass is 10.1. The Hall–Kier alpha value is -4.03. The molecular weight excluding hydrogens is 434 g/mol. The minimum absolute atomic E-state index is 0.0717. The lowest BCUT2D eigenvalue weighted by molar-refractivity contribution is 0.0955. The number of allylic oxidation sites excluding steroid dienone is 1. The standard InChI is InChI=1S/C24H21N7OS/c25-22-18(19-3-1-2-12-26-19)13-28-24(31-22)30-17-7-4-15(5-8-17)6-11-21-27-14-20(33-21)23(32)29-16-9-10-16/h3-5,7-8,12-14,16H,1-2,9-10H2,(H,29,32)(H3,25,28,30,31). The molecule has 0 atom stereocenters. The number of nitrogens with zero attached hydrogens (tertiary/aromatic N) is 4. The van der Waals surface area contributed by atoms with E-state index in [1.54, 1.807) is 12.4 Å². The molecule has 0 saturated heterocycles. The summed E-state index contributed by atoms with van der Waals surface area (Å²) in [6.45, 7) is 0. The second-order valence-corrected chi connectivity index (χ2v) is 8.73. The van der Waals surface area contributed by atoms with Crippen LogP contribution >= 0.6 is 11.3 Å². The van der Waals surface area contributed by atoms with Crippen molar-refractivity contribution in [2.24, 2.45) is 4.99 Å². The van der Waals surface area contributed by atoms with Crippen LogP contribution in [0.15, 0.2) is 47.7 Å². The van der Waals surface area contributed by atoms with Gasteiger partial charge in [-0.05, 0) is 55.9 Å². The molecule has 1 aliphatic carbocycles. The summed E-state index contributed by atoms with van der Waals surface area (Å²) < 4.78 is 0. The zero-order valence-corrected chi connectivity index (χ0v) is 18.5. The van der Waals surface area contributed by atoms with E-state index in [2.05, 4.69) is 42.4 Å². The van der Waals surface area contributed by atoms with E-state index in [1.165, 1.54) is 11.3 Å². The van der Waals surface area contributed by atoms with Crippen LogP contribution in [-0.4, -0.2) is 33.1 Å². The summed E-state index contributed by atoms with van der Waals surface area (Å²) in [7, 11) is 0. The minimum atomic E-state index is -0.0717.